The van der Waals surface area contributed by atoms with Gasteiger partial charge < -0.3 is 10.1 Å². The molecule has 0 unspecified atom stereocenters. The van der Waals surface area contributed by atoms with E-state index in [1.807, 2.05) is 26.2 Å². The average Bonchev–Trinajstić information content (AvgIpc) is 2.46. The topological polar surface area (TPSA) is 38.3 Å². The van der Waals surface area contributed by atoms with Crippen molar-refractivity contribution in [3.05, 3.63) is 15.8 Å². The molecule has 0 aromatic carbocycles. The van der Waals surface area contributed by atoms with Crippen LogP contribution in [0.25, 0.3) is 0 Å². The zero-order chi connectivity index (χ0) is 10.6. The molecule has 78 valence electrons. The first kappa shape index (κ1) is 11.2. The molecule has 1 heterocycles. The fourth-order valence-corrected chi connectivity index (χ4v) is 1.93. The van der Waals surface area contributed by atoms with E-state index in [0.29, 0.717) is 6.61 Å². The van der Waals surface area contributed by atoms with Crippen molar-refractivity contribution >= 4 is 22.9 Å². The largest absolute Gasteiger partial charge is 0.372 e. The normalized spacial score (nSPS) is 10.2. The first-order valence-electron chi connectivity index (χ1n) is 4.57. The van der Waals surface area contributed by atoms with Crippen LogP contribution in [0, 0.1) is 13.8 Å². The van der Waals surface area contributed by atoms with E-state index in [9.17, 15) is 4.79 Å². The molecule has 0 aliphatic heterocycles. The molecule has 3 nitrogen and oxygen atoms in total. The summed E-state index contributed by atoms with van der Waals surface area (Å²) >= 11 is 1.64. The van der Waals surface area contributed by atoms with Crippen LogP contribution in [0.5, 0.6) is 0 Å². The standard InChI is InChI=1S/C10H15NO2S/c1-4-13-5-9(12)11-10-7(2)6-14-8(10)3/h6H,4-5H2,1-3H3,(H,11,12). The summed E-state index contributed by atoms with van der Waals surface area (Å²) in [6.45, 7) is 6.54. The lowest BCUT2D eigenvalue weighted by Gasteiger charge is -2.05. The number of rotatable bonds is 4. The summed E-state index contributed by atoms with van der Waals surface area (Å²) in [5, 5.41) is 4.87. The lowest BCUT2D eigenvalue weighted by molar-refractivity contribution is -0.120. The second-order valence-electron chi connectivity index (χ2n) is 3.04. The summed E-state index contributed by atoms with van der Waals surface area (Å²) in [6, 6.07) is 0. The quantitative estimate of drug-likeness (QED) is 0.833. The molecule has 1 N–H and O–H groups in total. The number of anilines is 1. The van der Waals surface area contributed by atoms with Crippen LogP contribution >= 0.6 is 11.3 Å². The summed E-state index contributed by atoms with van der Waals surface area (Å²) in [4.78, 5) is 12.5. The molecular weight excluding hydrogens is 198 g/mol. The van der Waals surface area contributed by atoms with E-state index < -0.39 is 0 Å². The predicted molar refractivity (Wildman–Crippen MR) is 58.9 cm³/mol. The van der Waals surface area contributed by atoms with Crippen molar-refractivity contribution in [2.45, 2.75) is 20.8 Å². The molecule has 1 rings (SSSR count). The predicted octanol–water partition coefficient (Wildman–Crippen LogP) is 2.34. The van der Waals surface area contributed by atoms with Crippen molar-refractivity contribution in [1.82, 2.24) is 0 Å². The Labute approximate surface area is 88.1 Å². The summed E-state index contributed by atoms with van der Waals surface area (Å²) in [5.41, 5.74) is 2.04. The third kappa shape index (κ3) is 2.82. The molecule has 0 bridgehead atoms. The van der Waals surface area contributed by atoms with E-state index in [2.05, 4.69) is 5.32 Å². The molecule has 0 spiro atoms. The van der Waals surface area contributed by atoms with E-state index >= 15 is 0 Å². The minimum atomic E-state index is -0.0866. The fourth-order valence-electron chi connectivity index (χ4n) is 1.13. The molecule has 1 amide bonds. The highest BCUT2D eigenvalue weighted by atomic mass is 32.1. The number of nitrogens with one attached hydrogen (secondary N) is 1. The van der Waals surface area contributed by atoms with Gasteiger partial charge >= 0.3 is 0 Å². The molecule has 0 saturated carbocycles. The van der Waals surface area contributed by atoms with Gasteiger partial charge in [0, 0.05) is 11.5 Å². The van der Waals surface area contributed by atoms with Gasteiger partial charge in [0.05, 0.1) is 5.69 Å². The summed E-state index contributed by atoms with van der Waals surface area (Å²) in [6.07, 6.45) is 0. The van der Waals surface area contributed by atoms with E-state index in [1.54, 1.807) is 11.3 Å². The second kappa shape index (κ2) is 5.12. The van der Waals surface area contributed by atoms with Crippen molar-refractivity contribution in [2.75, 3.05) is 18.5 Å². The molecule has 0 aliphatic rings. The minimum Gasteiger partial charge on any atom is -0.372 e. The zero-order valence-electron chi connectivity index (χ0n) is 8.72. The summed E-state index contributed by atoms with van der Waals surface area (Å²) in [7, 11) is 0. The Kier molecular flexibility index (Phi) is 4.10. The molecule has 4 heteroatoms. The van der Waals surface area contributed by atoms with Crippen molar-refractivity contribution in [3.8, 4) is 0 Å². The van der Waals surface area contributed by atoms with E-state index in [0.717, 1.165) is 16.1 Å². The Morgan fingerprint density at radius 3 is 2.79 bits per heavy atom. The Hall–Kier alpha value is -0.870. The molecule has 1 aromatic heterocycles. The van der Waals surface area contributed by atoms with Crippen molar-refractivity contribution in [3.63, 3.8) is 0 Å². The van der Waals surface area contributed by atoms with Crippen LogP contribution in [0.3, 0.4) is 0 Å². The van der Waals surface area contributed by atoms with Gasteiger partial charge in [-0.3, -0.25) is 4.79 Å². The lowest BCUT2D eigenvalue weighted by atomic mass is 10.3. The lowest BCUT2D eigenvalue weighted by Crippen LogP contribution is -2.18. The summed E-state index contributed by atoms with van der Waals surface area (Å²) in [5.74, 6) is -0.0866. The Bertz CT molecular complexity index is 300. The number of carbonyl (C=O) groups is 1. The number of amides is 1. The number of hydrogen-bond donors (Lipinski definition) is 1. The van der Waals surface area contributed by atoms with Crippen molar-refractivity contribution in [2.24, 2.45) is 0 Å². The molecule has 0 saturated heterocycles. The zero-order valence-corrected chi connectivity index (χ0v) is 9.53. The number of carbonyl (C=O) groups excluding carboxylic acids is 1. The molecule has 14 heavy (non-hydrogen) atoms. The molecule has 0 radical (unpaired) electrons. The molecule has 0 atom stereocenters. The van der Waals surface area contributed by atoms with Gasteiger partial charge in [-0.25, -0.2) is 0 Å². The number of aryl methyl sites for hydroxylation is 2. The first-order chi connectivity index (χ1) is 6.65. The summed E-state index contributed by atoms with van der Waals surface area (Å²) < 4.78 is 5.02. The second-order valence-corrected chi connectivity index (χ2v) is 4.12. The molecule has 0 fully saturated rings. The van der Waals surface area contributed by atoms with Crippen LogP contribution < -0.4 is 5.32 Å². The van der Waals surface area contributed by atoms with Crippen LogP contribution in [0.2, 0.25) is 0 Å². The van der Waals surface area contributed by atoms with Gasteiger partial charge in [-0.2, -0.15) is 0 Å². The van der Waals surface area contributed by atoms with Crippen LogP contribution in [-0.2, 0) is 9.53 Å². The first-order valence-corrected chi connectivity index (χ1v) is 5.45. The van der Waals surface area contributed by atoms with Crippen molar-refractivity contribution in [1.29, 1.82) is 0 Å². The maximum atomic E-state index is 11.3. The minimum absolute atomic E-state index is 0.0866. The average molecular weight is 213 g/mol. The maximum Gasteiger partial charge on any atom is 0.250 e. The van der Waals surface area contributed by atoms with E-state index in [1.165, 1.54) is 0 Å². The van der Waals surface area contributed by atoms with Gasteiger partial charge in [0.25, 0.3) is 0 Å². The van der Waals surface area contributed by atoms with Crippen LogP contribution in [0.4, 0.5) is 5.69 Å². The fraction of sp³-hybridized carbons (Fsp3) is 0.500. The van der Waals surface area contributed by atoms with Crippen molar-refractivity contribution < 1.29 is 9.53 Å². The van der Waals surface area contributed by atoms with Gasteiger partial charge in [0.2, 0.25) is 5.91 Å². The molecule has 0 aliphatic carbocycles. The van der Waals surface area contributed by atoms with E-state index in [4.69, 9.17) is 4.74 Å². The number of thiophene rings is 1. The Balaban J connectivity index is 2.55. The Morgan fingerprint density at radius 2 is 2.29 bits per heavy atom. The van der Waals surface area contributed by atoms with Crippen LogP contribution in [0.1, 0.15) is 17.4 Å². The molecular formula is C10H15NO2S. The van der Waals surface area contributed by atoms with Gasteiger partial charge in [-0.05, 0) is 31.7 Å². The number of hydrogen-bond acceptors (Lipinski definition) is 3. The number of ether oxygens (including phenoxy) is 1. The third-order valence-electron chi connectivity index (χ3n) is 1.86. The SMILES string of the molecule is CCOCC(=O)Nc1c(C)csc1C. The smallest absolute Gasteiger partial charge is 0.250 e. The third-order valence-corrected chi connectivity index (χ3v) is 2.89. The van der Waals surface area contributed by atoms with Crippen LogP contribution in [0.15, 0.2) is 5.38 Å². The van der Waals surface area contributed by atoms with Gasteiger partial charge in [0.1, 0.15) is 6.61 Å². The molecule has 1 aromatic rings. The van der Waals surface area contributed by atoms with Crippen LogP contribution in [-0.4, -0.2) is 19.1 Å². The Morgan fingerprint density at radius 1 is 1.57 bits per heavy atom. The highest BCUT2D eigenvalue weighted by molar-refractivity contribution is 7.10. The van der Waals surface area contributed by atoms with Gasteiger partial charge in [-0.15, -0.1) is 11.3 Å². The van der Waals surface area contributed by atoms with E-state index in [-0.39, 0.29) is 12.5 Å². The highest BCUT2D eigenvalue weighted by Gasteiger charge is 2.08. The van der Waals surface area contributed by atoms with Gasteiger partial charge in [-0.1, -0.05) is 0 Å². The van der Waals surface area contributed by atoms with Gasteiger partial charge in [0.15, 0.2) is 0 Å². The highest BCUT2D eigenvalue weighted by Crippen LogP contribution is 2.26. The maximum absolute atomic E-state index is 11.3. The monoisotopic (exact) mass is 213 g/mol.